The van der Waals surface area contributed by atoms with Crippen molar-refractivity contribution in [2.75, 3.05) is 13.7 Å². The maximum atomic E-state index is 12.0. The van der Waals surface area contributed by atoms with E-state index in [0.29, 0.717) is 0 Å². The zero-order valence-electron chi connectivity index (χ0n) is 12.2. The van der Waals surface area contributed by atoms with Crippen LogP contribution in [-0.2, 0) is 9.47 Å². The third kappa shape index (κ3) is 4.06. The summed E-state index contributed by atoms with van der Waals surface area (Å²) in [5.41, 5.74) is 1.41. The van der Waals surface area contributed by atoms with Crippen molar-refractivity contribution in [1.29, 1.82) is 0 Å². The molecule has 0 atom stereocenters. The summed E-state index contributed by atoms with van der Waals surface area (Å²) in [6.45, 7) is 0.128. The van der Waals surface area contributed by atoms with Crippen molar-refractivity contribution in [3.05, 3.63) is 77.4 Å². The Morgan fingerprint density at radius 2 is 1.50 bits per heavy atom. The smallest absolute Gasteiger partial charge is 0.339 e. The lowest BCUT2D eigenvalue weighted by atomic mass is 10.1. The topological polar surface area (TPSA) is 52.6 Å². The van der Waals surface area contributed by atoms with Gasteiger partial charge in [0.05, 0.1) is 18.2 Å². The summed E-state index contributed by atoms with van der Waals surface area (Å²) in [4.78, 5) is 23.6. The van der Waals surface area contributed by atoms with E-state index in [2.05, 4.69) is 4.74 Å². The largest absolute Gasteiger partial charge is 0.465 e. The van der Waals surface area contributed by atoms with Crippen LogP contribution in [-0.4, -0.2) is 25.7 Å². The van der Waals surface area contributed by atoms with E-state index in [-0.39, 0.29) is 17.7 Å². The van der Waals surface area contributed by atoms with E-state index >= 15 is 0 Å². The first-order chi connectivity index (χ1) is 10.7. The molecule has 0 bridgehead atoms. The molecule has 0 unspecified atom stereocenters. The standard InChI is InChI=1S/C18H16O4/c1-21-17(19)15-11-5-6-12-16(15)18(20)22-13-7-10-14-8-3-2-4-9-14/h2-12H,13H2,1H3/b10-7+. The first-order valence-corrected chi connectivity index (χ1v) is 6.78. The molecule has 0 saturated heterocycles. The van der Waals surface area contributed by atoms with Crippen LogP contribution in [0.3, 0.4) is 0 Å². The van der Waals surface area contributed by atoms with Gasteiger partial charge in [-0.1, -0.05) is 48.5 Å². The molecule has 22 heavy (non-hydrogen) atoms. The molecular weight excluding hydrogens is 280 g/mol. The molecule has 0 spiro atoms. The van der Waals surface area contributed by atoms with Gasteiger partial charge >= 0.3 is 11.9 Å². The van der Waals surface area contributed by atoms with Gasteiger partial charge in [0.15, 0.2) is 0 Å². The third-order valence-corrected chi connectivity index (χ3v) is 2.97. The highest BCUT2D eigenvalue weighted by molar-refractivity contribution is 6.03. The number of esters is 2. The quantitative estimate of drug-likeness (QED) is 0.794. The van der Waals surface area contributed by atoms with E-state index < -0.39 is 11.9 Å². The van der Waals surface area contributed by atoms with Crippen molar-refractivity contribution in [3.8, 4) is 0 Å². The molecule has 0 heterocycles. The van der Waals surface area contributed by atoms with Crippen molar-refractivity contribution in [2.45, 2.75) is 0 Å². The number of methoxy groups -OCH3 is 1. The second kappa shape index (κ2) is 7.78. The Labute approximate surface area is 129 Å². The van der Waals surface area contributed by atoms with E-state index in [1.165, 1.54) is 19.2 Å². The lowest BCUT2D eigenvalue weighted by molar-refractivity contribution is 0.0523. The lowest BCUT2D eigenvalue weighted by Gasteiger charge is -2.06. The third-order valence-electron chi connectivity index (χ3n) is 2.97. The van der Waals surface area contributed by atoms with Gasteiger partial charge < -0.3 is 9.47 Å². The summed E-state index contributed by atoms with van der Waals surface area (Å²) in [5.74, 6) is -1.12. The van der Waals surface area contributed by atoms with Gasteiger partial charge in [0, 0.05) is 0 Å². The van der Waals surface area contributed by atoms with Gasteiger partial charge in [-0.05, 0) is 23.8 Å². The number of rotatable bonds is 5. The zero-order chi connectivity index (χ0) is 15.8. The number of carbonyl (C=O) groups is 2. The zero-order valence-corrected chi connectivity index (χ0v) is 12.2. The highest BCUT2D eigenvalue weighted by atomic mass is 16.5. The van der Waals surface area contributed by atoms with Gasteiger partial charge in [-0.2, -0.15) is 0 Å². The van der Waals surface area contributed by atoms with E-state index in [9.17, 15) is 9.59 Å². The predicted molar refractivity (Wildman–Crippen MR) is 83.5 cm³/mol. The molecule has 2 rings (SSSR count). The molecule has 0 aliphatic rings. The summed E-state index contributed by atoms with van der Waals surface area (Å²) < 4.78 is 9.80. The van der Waals surface area contributed by atoms with Crippen molar-refractivity contribution in [1.82, 2.24) is 0 Å². The molecule has 0 saturated carbocycles. The number of benzene rings is 2. The van der Waals surface area contributed by atoms with Crippen molar-refractivity contribution in [3.63, 3.8) is 0 Å². The summed E-state index contributed by atoms with van der Waals surface area (Å²) in [7, 11) is 1.27. The monoisotopic (exact) mass is 296 g/mol. The highest BCUT2D eigenvalue weighted by Gasteiger charge is 2.17. The molecule has 0 aliphatic carbocycles. The van der Waals surface area contributed by atoms with Crippen LogP contribution in [0.5, 0.6) is 0 Å². The van der Waals surface area contributed by atoms with Crippen LogP contribution in [0, 0.1) is 0 Å². The molecule has 0 radical (unpaired) electrons. The summed E-state index contributed by atoms with van der Waals surface area (Å²) in [6.07, 6.45) is 3.60. The van der Waals surface area contributed by atoms with E-state index in [4.69, 9.17) is 4.74 Å². The number of hydrogen-bond donors (Lipinski definition) is 0. The van der Waals surface area contributed by atoms with Crippen LogP contribution >= 0.6 is 0 Å². The summed E-state index contributed by atoms with van der Waals surface area (Å²) in [6, 6.07) is 16.1. The van der Waals surface area contributed by atoms with E-state index in [1.54, 1.807) is 18.2 Å². The van der Waals surface area contributed by atoms with Gasteiger partial charge in [0.2, 0.25) is 0 Å². The molecule has 4 nitrogen and oxygen atoms in total. The van der Waals surface area contributed by atoms with Crippen LogP contribution < -0.4 is 0 Å². The molecule has 0 aliphatic heterocycles. The fourth-order valence-corrected chi connectivity index (χ4v) is 1.90. The Morgan fingerprint density at radius 3 is 2.14 bits per heavy atom. The Balaban J connectivity index is 1.98. The molecule has 2 aromatic carbocycles. The van der Waals surface area contributed by atoms with Crippen molar-refractivity contribution in [2.24, 2.45) is 0 Å². The Kier molecular flexibility index (Phi) is 5.49. The van der Waals surface area contributed by atoms with E-state index in [0.717, 1.165) is 5.56 Å². The van der Waals surface area contributed by atoms with Gasteiger partial charge in [-0.15, -0.1) is 0 Å². The first-order valence-electron chi connectivity index (χ1n) is 6.78. The lowest BCUT2D eigenvalue weighted by Crippen LogP contribution is -2.12. The van der Waals surface area contributed by atoms with Gasteiger partial charge in [-0.25, -0.2) is 9.59 Å². The molecule has 0 aromatic heterocycles. The van der Waals surface area contributed by atoms with Gasteiger partial charge in [-0.3, -0.25) is 0 Å². The average molecular weight is 296 g/mol. The molecular formula is C18H16O4. The SMILES string of the molecule is COC(=O)c1ccccc1C(=O)OC/C=C/c1ccccc1. The van der Waals surface area contributed by atoms with Crippen LogP contribution in [0.15, 0.2) is 60.7 Å². The molecule has 2 aromatic rings. The summed E-state index contributed by atoms with van der Waals surface area (Å²) >= 11 is 0. The normalized spacial score (nSPS) is 10.4. The average Bonchev–Trinajstić information content (AvgIpc) is 2.58. The maximum absolute atomic E-state index is 12.0. The second-order valence-corrected chi connectivity index (χ2v) is 4.45. The highest BCUT2D eigenvalue weighted by Crippen LogP contribution is 2.11. The summed E-state index contributed by atoms with van der Waals surface area (Å²) in [5, 5.41) is 0. The maximum Gasteiger partial charge on any atom is 0.339 e. The molecule has 0 fully saturated rings. The minimum absolute atomic E-state index is 0.128. The first kappa shape index (κ1) is 15.5. The fraction of sp³-hybridized carbons (Fsp3) is 0.111. The number of carbonyl (C=O) groups excluding carboxylic acids is 2. The Morgan fingerprint density at radius 1 is 0.909 bits per heavy atom. The minimum Gasteiger partial charge on any atom is -0.465 e. The fourth-order valence-electron chi connectivity index (χ4n) is 1.90. The Hall–Kier alpha value is -2.88. The van der Waals surface area contributed by atoms with Crippen molar-refractivity contribution < 1.29 is 19.1 Å². The van der Waals surface area contributed by atoms with Crippen LogP contribution in [0.25, 0.3) is 6.08 Å². The van der Waals surface area contributed by atoms with Gasteiger partial charge in [0.25, 0.3) is 0 Å². The van der Waals surface area contributed by atoms with Crippen LogP contribution in [0.2, 0.25) is 0 Å². The number of ether oxygens (including phenoxy) is 2. The van der Waals surface area contributed by atoms with Crippen LogP contribution in [0.4, 0.5) is 0 Å². The molecule has 0 N–H and O–H groups in total. The van der Waals surface area contributed by atoms with Gasteiger partial charge in [0.1, 0.15) is 6.61 Å². The Bertz CT molecular complexity index is 674. The van der Waals surface area contributed by atoms with Crippen LogP contribution in [0.1, 0.15) is 26.3 Å². The number of hydrogen-bond acceptors (Lipinski definition) is 4. The predicted octanol–water partition coefficient (Wildman–Crippen LogP) is 3.34. The molecule has 112 valence electrons. The second-order valence-electron chi connectivity index (χ2n) is 4.45. The minimum atomic E-state index is -0.563. The molecule has 4 heteroatoms. The van der Waals surface area contributed by atoms with Crippen molar-refractivity contribution >= 4 is 18.0 Å². The van der Waals surface area contributed by atoms with E-state index in [1.807, 2.05) is 36.4 Å². The molecule has 0 amide bonds.